The highest BCUT2D eigenvalue weighted by molar-refractivity contribution is 6.11. The molecule has 5 rings (SSSR count). The van der Waals surface area contributed by atoms with Crippen LogP contribution in [0.4, 0.5) is 15.3 Å². The van der Waals surface area contributed by atoms with E-state index in [0.717, 1.165) is 15.7 Å². The van der Waals surface area contributed by atoms with Crippen molar-refractivity contribution in [2.75, 3.05) is 18.7 Å². The molecule has 0 aliphatic carbocycles. The van der Waals surface area contributed by atoms with Crippen LogP contribution >= 0.6 is 0 Å². The summed E-state index contributed by atoms with van der Waals surface area (Å²) in [7, 11) is 0. The topological polar surface area (TPSA) is 126 Å². The van der Waals surface area contributed by atoms with Crippen LogP contribution in [-0.4, -0.2) is 42.1 Å². The number of ether oxygens (including phenoxy) is 2. The summed E-state index contributed by atoms with van der Waals surface area (Å²) in [6.07, 6.45) is 0. The van der Waals surface area contributed by atoms with Gasteiger partial charge in [-0.1, -0.05) is 36.4 Å². The Morgan fingerprint density at radius 2 is 1.76 bits per heavy atom. The summed E-state index contributed by atoms with van der Waals surface area (Å²) in [5, 5.41) is 9.20. The van der Waals surface area contributed by atoms with Gasteiger partial charge in [-0.3, -0.25) is 19.8 Å². The Bertz CT molecular complexity index is 1360. The summed E-state index contributed by atoms with van der Waals surface area (Å²) in [6.45, 7) is 1.07. The Hall–Kier alpha value is -4.60. The number of fused-ring (bicyclic) bond motifs is 2. The van der Waals surface area contributed by atoms with E-state index in [9.17, 15) is 19.2 Å². The molecule has 1 fully saturated rings. The molecule has 2 aliphatic rings. The number of hydrogen-bond acceptors (Lipinski definition) is 6. The first-order valence-corrected chi connectivity index (χ1v) is 10.5. The fraction of sp³-hybridized carbons (Fsp3) is 0.167. The van der Waals surface area contributed by atoms with E-state index in [1.807, 2.05) is 36.4 Å². The van der Waals surface area contributed by atoms with Gasteiger partial charge in [-0.15, -0.1) is 0 Å². The van der Waals surface area contributed by atoms with Crippen LogP contribution in [0.25, 0.3) is 10.8 Å². The molecule has 0 saturated carbocycles. The van der Waals surface area contributed by atoms with Crippen molar-refractivity contribution in [3.8, 4) is 11.5 Å². The lowest BCUT2D eigenvalue weighted by Gasteiger charge is -2.22. The fourth-order valence-corrected chi connectivity index (χ4v) is 3.98. The molecule has 34 heavy (non-hydrogen) atoms. The van der Waals surface area contributed by atoms with E-state index in [1.165, 1.54) is 0 Å². The van der Waals surface area contributed by atoms with Gasteiger partial charge in [0, 0.05) is 11.8 Å². The van der Waals surface area contributed by atoms with E-state index in [1.54, 1.807) is 31.2 Å². The third-order valence-corrected chi connectivity index (χ3v) is 5.79. The average Bonchev–Trinajstić information content (AvgIpc) is 3.37. The number of rotatable bonds is 4. The number of carbonyl (C=O) groups excluding carboxylic acids is 4. The van der Waals surface area contributed by atoms with Crippen LogP contribution in [0.5, 0.6) is 11.5 Å². The first-order chi connectivity index (χ1) is 16.3. The summed E-state index contributed by atoms with van der Waals surface area (Å²) in [4.78, 5) is 51.1. The Balaban J connectivity index is 1.25. The zero-order chi connectivity index (χ0) is 23.9. The van der Waals surface area contributed by atoms with E-state index in [0.29, 0.717) is 22.7 Å². The third kappa shape index (κ3) is 3.75. The fourth-order valence-electron chi connectivity index (χ4n) is 3.98. The van der Waals surface area contributed by atoms with Crippen molar-refractivity contribution < 1.29 is 28.7 Å². The molecule has 0 bridgehead atoms. The van der Waals surface area contributed by atoms with Gasteiger partial charge in [0.1, 0.15) is 12.1 Å². The first kappa shape index (κ1) is 21.3. The van der Waals surface area contributed by atoms with Crippen LogP contribution in [0, 0.1) is 0 Å². The lowest BCUT2D eigenvalue weighted by Crippen LogP contribution is -2.45. The van der Waals surface area contributed by atoms with E-state index >= 15 is 0 Å². The van der Waals surface area contributed by atoms with Crippen LogP contribution in [0.2, 0.25) is 0 Å². The van der Waals surface area contributed by atoms with E-state index in [4.69, 9.17) is 9.47 Å². The molecule has 0 aromatic heterocycles. The second-order valence-corrected chi connectivity index (χ2v) is 8.08. The molecule has 0 radical (unpaired) electrons. The highest BCUT2D eigenvalue weighted by Crippen LogP contribution is 2.34. The van der Waals surface area contributed by atoms with Gasteiger partial charge in [0.2, 0.25) is 12.7 Å². The van der Waals surface area contributed by atoms with E-state index in [-0.39, 0.29) is 6.79 Å². The number of amides is 6. The van der Waals surface area contributed by atoms with Crippen molar-refractivity contribution in [3.05, 3.63) is 66.2 Å². The van der Waals surface area contributed by atoms with Crippen molar-refractivity contribution in [1.29, 1.82) is 0 Å². The number of nitrogens with one attached hydrogen (secondary N) is 3. The van der Waals surface area contributed by atoms with Gasteiger partial charge < -0.3 is 20.1 Å². The molecule has 0 unspecified atom stereocenters. The smallest absolute Gasteiger partial charge is 0.325 e. The van der Waals surface area contributed by atoms with Gasteiger partial charge in [-0.25, -0.2) is 9.59 Å². The highest BCUT2D eigenvalue weighted by Gasteiger charge is 2.49. The van der Waals surface area contributed by atoms with Crippen LogP contribution in [0.1, 0.15) is 12.5 Å². The number of anilines is 1. The van der Waals surface area contributed by atoms with Crippen molar-refractivity contribution in [2.45, 2.75) is 12.5 Å². The second kappa shape index (κ2) is 8.07. The number of imide groups is 2. The summed E-state index contributed by atoms with van der Waals surface area (Å²) in [5.41, 5.74) is -0.364. The molecule has 2 heterocycles. The van der Waals surface area contributed by atoms with Crippen molar-refractivity contribution in [3.63, 3.8) is 0 Å². The Morgan fingerprint density at radius 1 is 1.00 bits per heavy atom. The van der Waals surface area contributed by atoms with Gasteiger partial charge in [-0.05, 0) is 41.5 Å². The maximum Gasteiger partial charge on any atom is 0.325 e. The molecule has 172 valence electrons. The molecule has 1 saturated heterocycles. The summed E-state index contributed by atoms with van der Waals surface area (Å²) in [5.74, 6) is -0.380. The zero-order valence-electron chi connectivity index (χ0n) is 18.1. The monoisotopic (exact) mass is 460 g/mol. The van der Waals surface area contributed by atoms with Gasteiger partial charge >= 0.3 is 12.1 Å². The third-order valence-electron chi connectivity index (χ3n) is 5.79. The molecule has 0 spiro atoms. The summed E-state index contributed by atoms with van der Waals surface area (Å²) < 4.78 is 10.5. The van der Waals surface area contributed by atoms with Gasteiger partial charge in [0.15, 0.2) is 11.5 Å². The van der Waals surface area contributed by atoms with Crippen molar-refractivity contribution in [1.82, 2.24) is 15.5 Å². The lowest BCUT2D eigenvalue weighted by atomic mass is 9.90. The zero-order valence-corrected chi connectivity index (χ0v) is 18.1. The predicted octanol–water partition coefficient (Wildman–Crippen LogP) is 2.68. The molecule has 3 aromatic carbocycles. The molecule has 2 aliphatic heterocycles. The van der Waals surface area contributed by atoms with E-state index < -0.39 is 36.0 Å². The lowest BCUT2D eigenvalue weighted by molar-refractivity contribution is -0.134. The molecule has 6 amide bonds. The van der Waals surface area contributed by atoms with Crippen molar-refractivity contribution in [2.24, 2.45) is 0 Å². The van der Waals surface area contributed by atoms with Gasteiger partial charge in [0.05, 0.1) is 0 Å². The minimum atomic E-state index is -1.34. The minimum absolute atomic E-state index is 0.0908. The average molecular weight is 460 g/mol. The van der Waals surface area contributed by atoms with Gasteiger partial charge in [0.25, 0.3) is 5.91 Å². The molecular weight excluding hydrogens is 440 g/mol. The normalized spacial score (nSPS) is 18.7. The SMILES string of the molecule is C[C@@]1(c2ccc3ccccc3c2)NC(=O)N(CC(=O)NC(=O)Nc2ccc3c(c2)OCO3)C1=O. The maximum absolute atomic E-state index is 13.1. The van der Waals surface area contributed by atoms with Crippen LogP contribution in [-0.2, 0) is 15.1 Å². The predicted molar refractivity (Wildman–Crippen MR) is 121 cm³/mol. The molecular formula is C24H20N4O6. The number of hydrogen-bond donors (Lipinski definition) is 3. The minimum Gasteiger partial charge on any atom is -0.454 e. The Labute approximate surface area is 193 Å². The molecule has 3 N–H and O–H groups in total. The van der Waals surface area contributed by atoms with Crippen molar-refractivity contribution >= 4 is 40.3 Å². The summed E-state index contributed by atoms with van der Waals surface area (Å²) in [6, 6.07) is 16.4. The summed E-state index contributed by atoms with van der Waals surface area (Å²) >= 11 is 0. The van der Waals surface area contributed by atoms with E-state index in [2.05, 4.69) is 16.0 Å². The standard InChI is InChI=1S/C24H20N4O6/c1-24(16-7-6-14-4-2-3-5-15(14)10-16)21(30)28(23(32)27-24)12-20(29)26-22(31)25-17-8-9-18-19(11-17)34-13-33-18/h2-11H,12-13H2,1H3,(H,27,32)(H2,25,26,29,31)/t24-/m0/s1. The largest absolute Gasteiger partial charge is 0.454 e. The Morgan fingerprint density at radius 3 is 2.59 bits per heavy atom. The highest BCUT2D eigenvalue weighted by atomic mass is 16.7. The first-order valence-electron chi connectivity index (χ1n) is 10.5. The number of nitrogens with zero attached hydrogens (tertiary/aromatic N) is 1. The van der Waals surface area contributed by atoms with Crippen LogP contribution in [0.15, 0.2) is 60.7 Å². The molecule has 10 heteroatoms. The molecule has 3 aromatic rings. The Kier molecular flexibility index (Phi) is 5.05. The molecule has 1 atom stereocenters. The van der Waals surface area contributed by atoms with Crippen LogP contribution < -0.4 is 25.4 Å². The molecule has 10 nitrogen and oxygen atoms in total. The van der Waals surface area contributed by atoms with Gasteiger partial charge in [-0.2, -0.15) is 0 Å². The maximum atomic E-state index is 13.1. The number of benzene rings is 3. The quantitative estimate of drug-likeness (QED) is 0.514. The van der Waals surface area contributed by atoms with Crippen LogP contribution in [0.3, 0.4) is 0 Å². The number of carbonyl (C=O) groups is 4. The second-order valence-electron chi connectivity index (χ2n) is 8.08. The number of urea groups is 2.